The van der Waals surface area contributed by atoms with Crippen LogP contribution in [-0.2, 0) is 6.54 Å². The van der Waals surface area contributed by atoms with E-state index in [-0.39, 0.29) is 5.92 Å². The van der Waals surface area contributed by atoms with Gasteiger partial charge in [0.1, 0.15) is 0 Å². The number of aromatic nitrogens is 2. The van der Waals surface area contributed by atoms with Gasteiger partial charge in [0.25, 0.3) is 0 Å². The number of hydrogen-bond acceptors (Lipinski definition) is 5. The lowest BCUT2D eigenvalue weighted by molar-refractivity contribution is 0.424. The Morgan fingerprint density at radius 2 is 1.91 bits per heavy atom. The first-order valence-corrected chi connectivity index (χ1v) is 7.92. The van der Waals surface area contributed by atoms with Gasteiger partial charge in [-0.3, -0.25) is 0 Å². The first kappa shape index (κ1) is 14.9. The molecule has 0 bridgehead atoms. The van der Waals surface area contributed by atoms with E-state index in [4.69, 9.17) is 4.42 Å². The molecular formula is C17H24N4O. The van der Waals surface area contributed by atoms with E-state index in [0.29, 0.717) is 24.2 Å². The summed E-state index contributed by atoms with van der Waals surface area (Å²) in [7, 11) is 2.16. The van der Waals surface area contributed by atoms with E-state index in [1.165, 1.54) is 11.4 Å². The number of hydrogen-bond donors (Lipinski definition) is 0. The molecule has 1 unspecified atom stereocenters. The Kier molecular flexibility index (Phi) is 4.05. The molecule has 0 radical (unpaired) electrons. The van der Waals surface area contributed by atoms with E-state index < -0.39 is 0 Å². The monoisotopic (exact) mass is 300 g/mol. The van der Waals surface area contributed by atoms with Crippen LogP contribution in [0.15, 0.2) is 28.7 Å². The molecule has 2 heterocycles. The smallest absolute Gasteiger partial charge is 0.235 e. The molecule has 1 aromatic carbocycles. The van der Waals surface area contributed by atoms with Crippen molar-refractivity contribution in [3.8, 4) is 0 Å². The second-order valence-corrected chi connectivity index (χ2v) is 6.54. The number of rotatable bonds is 3. The molecule has 0 amide bonds. The van der Waals surface area contributed by atoms with E-state index in [9.17, 15) is 0 Å². The summed E-state index contributed by atoms with van der Waals surface area (Å²) in [5, 5.41) is 8.35. The van der Waals surface area contributed by atoms with E-state index in [1.807, 2.05) is 0 Å². The van der Waals surface area contributed by atoms with Crippen molar-refractivity contribution < 1.29 is 4.42 Å². The fourth-order valence-corrected chi connectivity index (χ4v) is 3.03. The van der Waals surface area contributed by atoms with Gasteiger partial charge in [-0.05, 0) is 18.1 Å². The van der Waals surface area contributed by atoms with Crippen LogP contribution < -0.4 is 9.80 Å². The molecule has 0 saturated heterocycles. The van der Waals surface area contributed by atoms with E-state index >= 15 is 0 Å². The van der Waals surface area contributed by atoms with Crippen LogP contribution in [0.25, 0.3) is 0 Å². The predicted molar refractivity (Wildman–Crippen MR) is 88.3 cm³/mol. The highest BCUT2D eigenvalue weighted by atomic mass is 16.4. The second kappa shape index (κ2) is 5.99. The van der Waals surface area contributed by atoms with Gasteiger partial charge < -0.3 is 14.2 Å². The van der Waals surface area contributed by atoms with Gasteiger partial charge >= 0.3 is 0 Å². The van der Waals surface area contributed by atoms with Crippen LogP contribution in [0.4, 0.5) is 11.4 Å². The molecule has 3 rings (SSSR count). The fraction of sp³-hybridized carbons (Fsp3) is 0.529. The Hall–Kier alpha value is -2.04. The third-order valence-corrected chi connectivity index (χ3v) is 4.05. The maximum Gasteiger partial charge on any atom is 0.235 e. The Morgan fingerprint density at radius 3 is 2.59 bits per heavy atom. The maximum absolute atomic E-state index is 5.79. The SMILES string of the molecule is CC1CN(C)c2ccccc2N(Cc2nnc(C(C)C)o2)C1. The van der Waals surface area contributed by atoms with Gasteiger partial charge in [-0.25, -0.2) is 0 Å². The zero-order valence-electron chi connectivity index (χ0n) is 13.8. The molecule has 0 fully saturated rings. The molecule has 1 aromatic heterocycles. The molecule has 22 heavy (non-hydrogen) atoms. The molecule has 2 aromatic rings. The lowest BCUT2D eigenvalue weighted by Gasteiger charge is -2.24. The molecule has 0 spiro atoms. The summed E-state index contributed by atoms with van der Waals surface area (Å²) in [6.07, 6.45) is 0. The molecule has 0 aliphatic carbocycles. The van der Waals surface area contributed by atoms with Crippen molar-refractivity contribution in [1.29, 1.82) is 0 Å². The highest BCUT2D eigenvalue weighted by molar-refractivity contribution is 5.71. The summed E-state index contributed by atoms with van der Waals surface area (Å²) >= 11 is 0. The minimum Gasteiger partial charge on any atom is -0.423 e. The summed E-state index contributed by atoms with van der Waals surface area (Å²) in [6.45, 7) is 9.11. The van der Waals surface area contributed by atoms with Gasteiger partial charge in [-0.2, -0.15) is 0 Å². The molecule has 0 saturated carbocycles. The average molecular weight is 300 g/mol. The van der Waals surface area contributed by atoms with Crippen molar-refractivity contribution in [2.24, 2.45) is 5.92 Å². The van der Waals surface area contributed by atoms with Gasteiger partial charge in [-0.1, -0.05) is 32.9 Å². The van der Waals surface area contributed by atoms with Crippen molar-refractivity contribution in [1.82, 2.24) is 10.2 Å². The summed E-state index contributed by atoms with van der Waals surface area (Å²) in [4.78, 5) is 4.68. The normalized spacial score (nSPS) is 18.5. The molecule has 118 valence electrons. The van der Waals surface area contributed by atoms with Crippen LogP contribution in [0.3, 0.4) is 0 Å². The van der Waals surface area contributed by atoms with Gasteiger partial charge in [0.15, 0.2) is 0 Å². The van der Waals surface area contributed by atoms with E-state index in [2.05, 4.69) is 72.1 Å². The molecule has 5 heteroatoms. The largest absolute Gasteiger partial charge is 0.423 e. The molecule has 5 nitrogen and oxygen atoms in total. The third kappa shape index (κ3) is 2.93. The van der Waals surface area contributed by atoms with Crippen molar-refractivity contribution in [2.75, 3.05) is 29.9 Å². The minimum atomic E-state index is 0.266. The lowest BCUT2D eigenvalue weighted by Crippen LogP contribution is -2.29. The van der Waals surface area contributed by atoms with Crippen molar-refractivity contribution >= 4 is 11.4 Å². The minimum absolute atomic E-state index is 0.266. The topological polar surface area (TPSA) is 45.4 Å². The van der Waals surface area contributed by atoms with Gasteiger partial charge in [0.2, 0.25) is 11.8 Å². The average Bonchev–Trinajstić information content (AvgIpc) is 2.91. The van der Waals surface area contributed by atoms with Crippen LogP contribution >= 0.6 is 0 Å². The molecule has 1 atom stereocenters. The van der Waals surface area contributed by atoms with E-state index in [0.717, 1.165) is 13.1 Å². The van der Waals surface area contributed by atoms with Gasteiger partial charge in [0, 0.05) is 26.1 Å². The summed E-state index contributed by atoms with van der Waals surface area (Å²) in [5.41, 5.74) is 2.49. The van der Waals surface area contributed by atoms with E-state index in [1.54, 1.807) is 0 Å². The summed E-state index contributed by atoms with van der Waals surface area (Å²) in [5.74, 6) is 2.24. The highest BCUT2D eigenvalue weighted by Crippen LogP contribution is 2.33. The highest BCUT2D eigenvalue weighted by Gasteiger charge is 2.23. The van der Waals surface area contributed by atoms with Crippen molar-refractivity contribution in [3.05, 3.63) is 36.0 Å². The Bertz CT molecular complexity index is 637. The summed E-state index contributed by atoms with van der Waals surface area (Å²) in [6, 6.07) is 8.52. The van der Waals surface area contributed by atoms with Gasteiger partial charge in [0.05, 0.1) is 17.9 Å². The van der Waals surface area contributed by atoms with Crippen LogP contribution in [-0.4, -0.2) is 30.3 Å². The van der Waals surface area contributed by atoms with Crippen molar-refractivity contribution in [2.45, 2.75) is 33.2 Å². The van der Waals surface area contributed by atoms with Crippen LogP contribution in [0, 0.1) is 5.92 Å². The first-order valence-electron chi connectivity index (χ1n) is 7.92. The third-order valence-electron chi connectivity index (χ3n) is 4.05. The second-order valence-electron chi connectivity index (χ2n) is 6.54. The maximum atomic E-state index is 5.79. The number of fused-ring (bicyclic) bond motifs is 1. The fourth-order valence-electron chi connectivity index (χ4n) is 3.03. The van der Waals surface area contributed by atoms with Crippen molar-refractivity contribution in [3.63, 3.8) is 0 Å². The molecular weight excluding hydrogens is 276 g/mol. The first-order chi connectivity index (χ1) is 10.5. The number of nitrogens with zero attached hydrogens (tertiary/aromatic N) is 4. The molecule has 1 aliphatic heterocycles. The van der Waals surface area contributed by atoms with Crippen LogP contribution in [0.2, 0.25) is 0 Å². The summed E-state index contributed by atoms with van der Waals surface area (Å²) < 4.78 is 5.79. The zero-order chi connectivity index (χ0) is 15.7. The lowest BCUT2D eigenvalue weighted by atomic mass is 10.1. The van der Waals surface area contributed by atoms with Crippen LogP contribution in [0.1, 0.15) is 38.5 Å². The number of benzene rings is 1. The zero-order valence-corrected chi connectivity index (χ0v) is 13.8. The molecule has 0 N–H and O–H groups in total. The predicted octanol–water partition coefficient (Wildman–Crippen LogP) is 3.29. The molecule has 1 aliphatic rings. The Balaban J connectivity index is 1.89. The van der Waals surface area contributed by atoms with Gasteiger partial charge in [-0.15, -0.1) is 10.2 Å². The van der Waals surface area contributed by atoms with Crippen LogP contribution in [0.5, 0.6) is 0 Å². The standard InChI is InChI=1S/C17H24N4O/c1-12(2)17-19-18-16(22-17)11-21-10-13(3)9-20(4)14-7-5-6-8-15(14)21/h5-8,12-13H,9-11H2,1-4H3. The Labute approximate surface area is 131 Å². The Morgan fingerprint density at radius 1 is 1.18 bits per heavy atom. The number of para-hydroxylation sites is 2. The quantitative estimate of drug-likeness (QED) is 0.870. The number of anilines is 2.